The molecular formula is C21H25N5O. The molecule has 27 heavy (non-hydrogen) atoms. The molecule has 1 aromatic carbocycles. The number of pyridine rings is 1. The normalized spacial score (nSPS) is 11.1. The van der Waals surface area contributed by atoms with Crippen molar-refractivity contribution in [3.8, 4) is 23.1 Å². The number of benzene rings is 1. The SMILES string of the molecule is Cc1cc(C)c2c(-c3ccc(OCCCN(C)C)cc3)nn(CC#N)c2n1. The van der Waals surface area contributed by atoms with Crippen molar-refractivity contribution in [1.82, 2.24) is 19.7 Å². The number of ether oxygens (including phenoxy) is 1. The summed E-state index contributed by atoms with van der Waals surface area (Å²) in [6.07, 6.45) is 0.988. The average Bonchev–Trinajstić information content (AvgIpc) is 2.98. The number of aromatic nitrogens is 3. The molecule has 3 rings (SSSR count). The highest BCUT2D eigenvalue weighted by atomic mass is 16.5. The number of rotatable bonds is 7. The monoisotopic (exact) mass is 363 g/mol. The molecule has 0 radical (unpaired) electrons. The topological polar surface area (TPSA) is 67.0 Å². The Morgan fingerprint density at radius 2 is 1.93 bits per heavy atom. The molecule has 0 aliphatic carbocycles. The smallest absolute Gasteiger partial charge is 0.159 e. The van der Waals surface area contributed by atoms with Crippen molar-refractivity contribution < 1.29 is 4.74 Å². The first kappa shape index (κ1) is 18.9. The lowest BCUT2D eigenvalue weighted by atomic mass is 10.1. The Morgan fingerprint density at radius 3 is 2.59 bits per heavy atom. The van der Waals surface area contributed by atoms with Crippen molar-refractivity contribution >= 4 is 11.0 Å². The summed E-state index contributed by atoms with van der Waals surface area (Å²) in [5, 5.41) is 14.8. The summed E-state index contributed by atoms with van der Waals surface area (Å²) in [4.78, 5) is 6.75. The Kier molecular flexibility index (Phi) is 5.72. The van der Waals surface area contributed by atoms with Gasteiger partial charge in [-0.1, -0.05) is 0 Å². The zero-order valence-electron chi connectivity index (χ0n) is 16.4. The quantitative estimate of drug-likeness (QED) is 0.600. The van der Waals surface area contributed by atoms with E-state index < -0.39 is 0 Å². The number of nitrogens with zero attached hydrogens (tertiary/aromatic N) is 5. The number of fused-ring (bicyclic) bond motifs is 1. The van der Waals surface area contributed by atoms with E-state index in [1.54, 1.807) is 4.68 Å². The molecule has 0 spiro atoms. The maximum absolute atomic E-state index is 9.11. The summed E-state index contributed by atoms with van der Waals surface area (Å²) in [6.45, 7) is 5.89. The highest BCUT2D eigenvalue weighted by Crippen LogP contribution is 2.31. The van der Waals surface area contributed by atoms with Crippen molar-refractivity contribution in [3.63, 3.8) is 0 Å². The van der Waals surface area contributed by atoms with Crippen LogP contribution >= 0.6 is 0 Å². The maximum atomic E-state index is 9.11. The number of hydrogen-bond acceptors (Lipinski definition) is 5. The molecule has 0 amide bonds. The van der Waals surface area contributed by atoms with Gasteiger partial charge in [-0.3, -0.25) is 0 Å². The minimum absolute atomic E-state index is 0.180. The van der Waals surface area contributed by atoms with Crippen LogP contribution in [0.1, 0.15) is 17.7 Å². The standard InChI is InChI=1S/C21H25N5O/c1-15-14-16(2)23-21-19(15)20(24-26(21)12-10-22)17-6-8-18(9-7-17)27-13-5-11-25(3)4/h6-9,14H,5,11-13H2,1-4H3. The lowest BCUT2D eigenvalue weighted by Crippen LogP contribution is -2.15. The molecule has 0 fully saturated rings. The van der Waals surface area contributed by atoms with Gasteiger partial charge >= 0.3 is 0 Å². The summed E-state index contributed by atoms with van der Waals surface area (Å²) in [5.41, 5.74) is 4.64. The Morgan fingerprint density at radius 1 is 1.19 bits per heavy atom. The number of hydrogen-bond donors (Lipinski definition) is 0. The van der Waals surface area contributed by atoms with Crippen LogP contribution < -0.4 is 4.74 Å². The molecule has 0 saturated carbocycles. The molecule has 6 heteroatoms. The van der Waals surface area contributed by atoms with Crippen LogP contribution in [0.5, 0.6) is 5.75 Å². The van der Waals surface area contributed by atoms with E-state index in [0.717, 1.165) is 52.3 Å². The minimum atomic E-state index is 0.180. The molecule has 0 bridgehead atoms. The van der Waals surface area contributed by atoms with Crippen molar-refractivity contribution in [2.24, 2.45) is 0 Å². The largest absolute Gasteiger partial charge is 0.494 e. The minimum Gasteiger partial charge on any atom is -0.494 e. The first-order valence-corrected chi connectivity index (χ1v) is 9.09. The van der Waals surface area contributed by atoms with Crippen molar-refractivity contribution in [2.45, 2.75) is 26.8 Å². The third-order valence-electron chi connectivity index (χ3n) is 4.39. The fourth-order valence-corrected chi connectivity index (χ4v) is 3.17. The van der Waals surface area contributed by atoms with Crippen LogP contribution in [0, 0.1) is 25.2 Å². The van der Waals surface area contributed by atoms with Gasteiger partial charge in [-0.05, 0) is 70.3 Å². The highest BCUT2D eigenvalue weighted by molar-refractivity contribution is 5.94. The first-order chi connectivity index (χ1) is 13.0. The Hall–Kier alpha value is -2.91. The van der Waals surface area contributed by atoms with Crippen LogP contribution in [0.3, 0.4) is 0 Å². The van der Waals surface area contributed by atoms with E-state index in [1.807, 2.05) is 37.3 Å². The fourth-order valence-electron chi connectivity index (χ4n) is 3.17. The van der Waals surface area contributed by atoms with Gasteiger partial charge in [0.05, 0.1) is 12.7 Å². The Balaban J connectivity index is 1.88. The zero-order valence-corrected chi connectivity index (χ0v) is 16.4. The van der Waals surface area contributed by atoms with Crippen LogP contribution in [-0.2, 0) is 6.54 Å². The van der Waals surface area contributed by atoms with E-state index in [2.05, 4.69) is 42.1 Å². The van der Waals surface area contributed by atoms with Gasteiger partial charge in [0.15, 0.2) is 5.65 Å². The highest BCUT2D eigenvalue weighted by Gasteiger charge is 2.16. The summed E-state index contributed by atoms with van der Waals surface area (Å²) >= 11 is 0. The summed E-state index contributed by atoms with van der Waals surface area (Å²) < 4.78 is 7.49. The van der Waals surface area contributed by atoms with E-state index >= 15 is 0 Å². The molecule has 6 nitrogen and oxygen atoms in total. The van der Waals surface area contributed by atoms with Crippen molar-refractivity contribution in [1.29, 1.82) is 5.26 Å². The molecule has 0 saturated heterocycles. The van der Waals surface area contributed by atoms with Gasteiger partial charge in [-0.15, -0.1) is 0 Å². The van der Waals surface area contributed by atoms with Crippen LogP contribution in [-0.4, -0.2) is 46.9 Å². The van der Waals surface area contributed by atoms with Crippen molar-refractivity contribution in [2.75, 3.05) is 27.2 Å². The van der Waals surface area contributed by atoms with Gasteiger partial charge in [0, 0.05) is 23.2 Å². The molecule has 0 aliphatic heterocycles. The molecule has 3 aromatic rings. The molecular weight excluding hydrogens is 338 g/mol. The average molecular weight is 363 g/mol. The van der Waals surface area contributed by atoms with Crippen molar-refractivity contribution in [3.05, 3.63) is 41.6 Å². The molecule has 0 aliphatic rings. The molecule has 0 unspecified atom stereocenters. The first-order valence-electron chi connectivity index (χ1n) is 9.09. The van der Waals surface area contributed by atoms with Gasteiger partial charge < -0.3 is 9.64 Å². The summed E-state index contributed by atoms with van der Waals surface area (Å²) in [6, 6.07) is 12.2. The fraction of sp³-hybridized carbons (Fsp3) is 0.381. The lowest BCUT2D eigenvalue weighted by molar-refractivity contribution is 0.281. The molecule has 2 heterocycles. The van der Waals surface area contributed by atoms with E-state index in [0.29, 0.717) is 6.61 Å². The van der Waals surface area contributed by atoms with Gasteiger partial charge in [0.2, 0.25) is 0 Å². The predicted octanol–water partition coefficient (Wildman–Crippen LogP) is 3.57. The summed E-state index contributed by atoms with van der Waals surface area (Å²) in [5.74, 6) is 0.851. The predicted molar refractivity (Wildman–Crippen MR) is 107 cm³/mol. The second-order valence-corrected chi connectivity index (χ2v) is 6.97. The lowest BCUT2D eigenvalue weighted by Gasteiger charge is -2.10. The molecule has 0 atom stereocenters. The van der Waals surface area contributed by atoms with Gasteiger partial charge in [-0.2, -0.15) is 10.4 Å². The van der Waals surface area contributed by atoms with Crippen LogP contribution in [0.4, 0.5) is 0 Å². The van der Waals surface area contributed by atoms with Crippen LogP contribution in [0.25, 0.3) is 22.3 Å². The second-order valence-electron chi connectivity index (χ2n) is 6.97. The van der Waals surface area contributed by atoms with E-state index in [1.165, 1.54) is 0 Å². The third-order valence-corrected chi connectivity index (χ3v) is 4.39. The van der Waals surface area contributed by atoms with Gasteiger partial charge in [0.1, 0.15) is 18.0 Å². The molecule has 0 N–H and O–H groups in total. The Labute approximate surface area is 160 Å². The van der Waals surface area contributed by atoms with Gasteiger partial charge in [-0.25, -0.2) is 9.67 Å². The maximum Gasteiger partial charge on any atom is 0.159 e. The molecule has 2 aromatic heterocycles. The summed E-state index contributed by atoms with van der Waals surface area (Å²) in [7, 11) is 4.12. The van der Waals surface area contributed by atoms with E-state index in [9.17, 15) is 0 Å². The Bertz CT molecular complexity index is 967. The van der Waals surface area contributed by atoms with Gasteiger partial charge in [0.25, 0.3) is 0 Å². The van der Waals surface area contributed by atoms with E-state index in [4.69, 9.17) is 10.00 Å². The van der Waals surface area contributed by atoms with Crippen LogP contribution in [0.15, 0.2) is 30.3 Å². The molecule has 140 valence electrons. The van der Waals surface area contributed by atoms with Crippen LogP contribution in [0.2, 0.25) is 0 Å². The zero-order chi connectivity index (χ0) is 19.4. The number of nitriles is 1. The van der Waals surface area contributed by atoms with E-state index in [-0.39, 0.29) is 6.54 Å². The third kappa shape index (κ3) is 4.26. The number of aryl methyl sites for hydroxylation is 2. The second kappa shape index (κ2) is 8.19.